The third kappa shape index (κ3) is 5.13. The Balaban J connectivity index is 1.31. The van der Waals surface area contributed by atoms with Crippen molar-refractivity contribution >= 4 is 37.8 Å². The summed E-state index contributed by atoms with van der Waals surface area (Å²) in [7, 11) is -4.04. The van der Waals surface area contributed by atoms with Crippen molar-refractivity contribution in [2.75, 3.05) is 13.2 Å². The van der Waals surface area contributed by atoms with E-state index in [4.69, 9.17) is 4.74 Å². The van der Waals surface area contributed by atoms with Gasteiger partial charge in [0.15, 0.2) is 6.61 Å². The van der Waals surface area contributed by atoms with Crippen LogP contribution in [0.2, 0.25) is 0 Å². The zero-order valence-corrected chi connectivity index (χ0v) is 19.5. The predicted octanol–water partition coefficient (Wildman–Crippen LogP) is 1.72. The van der Waals surface area contributed by atoms with Crippen LogP contribution in [-0.4, -0.2) is 50.2 Å². The first-order valence-corrected chi connectivity index (χ1v) is 12.8. The van der Waals surface area contributed by atoms with Gasteiger partial charge in [-0.1, -0.05) is 15.9 Å². The van der Waals surface area contributed by atoms with Gasteiger partial charge in [0.2, 0.25) is 10.0 Å². The molecule has 0 spiro atoms. The van der Waals surface area contributed by atoms with E-state index in [-0.39, 0.29) is 16.3 Å². The number of ether oxygens (including phenoxy) is 1. The first-order valence-electron chi connectivity index (χ1n) is 10.5. The maximum absolute atomic E-state index is 12.5. The average Bonchev–Trinajstić information content (AvgIpc) is 2.69. The third-order valence-electron chi connectivity index (χ3n) is 6.68. The van der Waals surface area contributed by atoms with E-state index >= 15 is 0 Å². The molecule has 1 unspecified atom stereocenters. The van der Waals surface area contributed by atoms with Crippen molar-refractivity contribution in [3.63, 3.8) is 0 Å². The summed E-state index contributed by atoms with van der Waals surface area (Å²) in [6.07, 6.45) is 6.68. The number of amides is 1. The van der Waals surface area contributed by atoms with E-state index in [1.807, 2.05) is 0 Å². The van der Waals surface area contributed by atoms with Crippen LogP contribution in [0.25, 0.3) is 0 Å². The predicted molar refractivity (Wildman–Crippen MR) is 115 cm³/mol. The fraction of sp³-hybridized carbons (Fsp3) is 0.619. The van der Waals surface area contributed by atoms with Gasteiger partial charge in [0.25, 0.3) is 5.91 Å². The molecule has 1 aromatic rings. The molecule has 3 N–H and O–H groups in total. The summed E-state index contributed by atoms with van der Waals surface area (Å²) in [4.78, 5) is 24.7. The van der Waals surface area contributed by atoms with Crippen LogP contribution in [0.5, 0.6) is 0 Å². The number of hydrogen-bond acceptors (Lipinski definition) is 6. The molecule has 4 fully saturated rings. The molecular formula is C21H27BrN2O6S. The lowest BCUT2D eigenvalue weighted by atomic mass is 9.53. The highest BCUT2D eigenvalue weighted by Gasteiger charge is 2.51. The topological polar surface area (TPSA) is 122 Å². The number of sulfonamides is 1. The van der Waals surface area contributed by atoms with E-state index < -0.39 is 35.2 Å². The van der Waals surface area contributed by atoms with Gasteiger partial charge in [-0.2, -0.15) is 4.72 Å². The lowest BCUT2D eigenvalue weighted by molar-refractivity contribution is -0.152. The van der Waals surface area contributed by atoms with Gasteiger partial charge in [-0.3, -0.25) is 9.59 Å². The lowest BCUT2D eigenvalue weighted by Crippen LogP contribution is -2.60. The molecule has 31 heavy (non-hydrogen) atoms. The van der Waals surface area contributed by atoms with Crippen molar-refractivity contribution in [1.29, 1.82) is 0 Å². The zero-order valence-electron chi connectivity index (χ0n) is 17.1. The minimum atomic E-state index is -4.04. The summed E-state index contributed by atoms with van der Waals surface area (Å²) in [5, 5.41) is 12.6. The summed E-state index contributed by atoms with van der Waals surface area (Å²) >= 11 is 3.22. The van der Waals surface area contributed by atoms with Crippen LogP contribution in [0.15, 0.2) is 33.6 Å². The van der Waals surface area contributed by atoms with Crippen molar-refractivity contribution in [3.8, 4) is 0 Å². The van der Waals surface area contributed by atoms with Crippen LogP contribution in [-0.2, 0) is 24.3 Å². The third-order valence-corrected chi connectivity index (χ3v) is 8.69. The van der Waals surface area contributed by atoms with Crippen molar-refractivity contribution < 1.29 is 27.9 Å². The molecule has 1 aromatic carbocycles. The quantitative estimate of drug-likeness (QED) is 0.454. The Kier molecular flexibility index (Phi) is 6.44. The van der Waals surface area contributed by atoms with E-state index in [2.05, 4.69) is 26.0 Å². The van der Waals surface area contributed by atoms with Gasteiger partial charge in [-0.15, -0.1) is 0 Å². The molecule has 4 aliphatic rings. The highest BCUT2D eigenvalue weighted by Crippen LogP contribution is 2.55. The molecule has 4 aliphatic carbocycles. The van der Waals surface area contributed by atoms with Crippen LogP contribution >= 0.6 is 15.9 Å². The molecule has 5 rings (SSSR count). The standard InChI is InChI=1S/C21H27BrN2O6S/c22-16-1-3-17(4-2-16)31(28,29)24-18(11-25)20(27)30-12-19(26)23-21-8-13-5-14(9-21)7-15(6-13)10-21/h1-4,13-15,18,24-25H,5-12H2,(H,23,26). The Morgan fingerprint density at radius 1 is 1.10 bits per heavy atom. The van der Waals surface area contributed by atoms with Crippen molar-refractivity contribution in [2.45, 2.75) is 55.0 Å². The van der Waals surface area contributed by atoms with Gasteiger partial charge in [0.05, 0.1) is 11.5 Å². The summed E-state index contributed by atoms with van der Waals surface area (Å²) in [5.74, 6) is 0.620. The molecule has 0 aliphatic heterocycles. The van der Waals surface area contributed by atoms with E-state index in [1.54, 1.807) is 12.1 Å². The molecule has 0 radical (unpaired) electrons. The van der Waals surface area contributed by atoms with Gasteiger partial charge < -0.3 is 15.2 Å². The highest BCUT2D eigenvalue weighted by atomic mass is 79.9. The number of rotatable bonds is 8. The maximum Gasteiger partial charge on any atom is 0.327 e. The number of esters is 1. The Morgan fingerprint density at radius 3 is 2.16 bits per heavy atom. The molecule has 8 nitrogen and oxygen atoms in total. The van der Waals surface area contributed by atoms with Gasteiger partial charge in [-0.25, -0.2) is 8.42 Å². The largest absolute Gasteiger partial charge is 0.454 e. The summed E-state index contributed by atoms with van der Waals surface area (Å²) in [6, 6.07) is 4.34. The smallest absolute Gasteiger partial charge is 0.327 e. The van der Waals surface area contributed by atoms with Crippen LogP contribution in [0.3, 0.4) is 0 Å². The number of carbonyl (C=O) groups is 2. The highest BCUT2D eigenvalue weighted by molar-refractivity contribution is 9.10. The first-order chi connectivity index (χ1) is 14.7. The molecule has 4 bridgehead atoms. The number of nitrogens with one attached hydrogen (secondary N) is 2. The van der Waals surface area contributed by atoms with Gasteiger partial charge in [0, 0.05) is 10.0 Å². The Labute approximate surface area is 190 Å². The fourth-order valence-electron chi connectivity index (χ4n) is 5.86. The molecule has 0 aromatic heterocycles. The van der Waals surface area contributed by atoms with Crippen LogP contribution < -0.4 is 10.0 Å². The van der Waals surface area contributed by atoms with Crippen molar-refractivity contribution in [3.05, 3.63) is 28.7 Å². The molecule has 0 saturated heterocycles. The second-order valence-corrected chi connectivity index (χ2v) is 11.8. The lowest BCUT2D eigenvalue weighted by Gasteiger charge is -2.56. The zero-order chi connectivity index (χ0) is 22.2. The summed E-state index contributed by atoms with van der Waals surface area (Å²) in [6.45, 7) is -1.29. The van der Waals surface area contributed by atoms with E-state index in [1.165, 1.54) is 31.4 Å². The molecule has 1 amide bonds. The molecule has 0 heterocycles. The van der Waals surface area contributed by atoms with Crippen molar-refractivity contribution in [1.82, 2.24) is 10.0 Å². The summed E-state index contributed by atoms with van der Waals surface area (Å²) < 4.78 is 32.8. The maximum atomic E-state index is 12.5. The van der Waals surface area contributed by atoms with Gasteiger partial charge >= 0.3 is 5.97 Å². The van der Waals surface area contributed by atoms with Crippen LogP contribution in [0.1, 0.15) is 38.5 Å². The minimum absolute atomic E-state index is 0.0542. The second kappa shape index (κ2) is 8.80. The minimum Gasteiger partial charge on any atom is -0.454 e. The molecule has 10 heteroatoms. The molecule has 1 atom stereocenters. The summed E-state index contributed by atoms with van der Waals surface area (Å²) in [5.41, 5.74) is -0.197. The van der Waals surface area contributed by atoms with E-state index in [0.29, 0.717) is 22.2 Å². The molecule has 4 saturated carbocycles. The normalized spacial score (nSPS) is 30.1. The second-order valence-electron chi connectivity index (χ2n) is 9.16. The Hall–Kier alpha value is -1.49. The molecule has 170 valence electrons. The van der Waals surface area contributed by atoms with Gasteiger partial charge in [-0.05, 0) is 80.5 Å². The average molecular weight is 515 g/mol. The number of carbonyl (C=O) groups excluding carboxylic acids is 2. The monoisotopic (exact) mass is 514 g/mol. The van der Waals surface area contributed by atoms with Crippen molar-refractivity contribution in [2.24, 2.45) is 17.8 Å². The number of aliphatic hydroxyl groups is 1. The number of halogens is 1. The SMILES string of the molecule is O=C(COC(=O)C(CO)NS(=O)(=O)c1ccc(Br)cc1)NC12CC3CC(CC(C3)C1)C2. The molecular weight excluding hydrogens is 488 g/mol. The van der Waals surface area contributed by atoms with E-state index in [0.717, 1.165) is 19.3 Å². The number of benzene rings is 1. The van der Waals surface area contributed by atoms with Gasteiger partial charge in [0.1, 0.15) is 6.04 Å². The van der Waals surface area contributed by atoms with Crippen LogP contribution in [0, 0.1) is 17.8 Å². The number of aliphatic hydroxyl groups excluding tert-OH is 1. The van der Waals surface area contributed by atoms with Crippen LogP contribution in [0.4, 0.5) is 0 Å². The Bertz CT molecular complexity index is 914. The Morgan fingerprint density at radius 2 is 1.65 bits per heavy atom. The fourth-order valence-corrected chi connectivity index (χ4v) is 7.30. The first kappa shape index (κ1) is 22.7. The van der Waals surface area contributed by atoms with E-state index in [9.17, 15) is 23.1 Å². The number of hydrogen-bond donors (Lipinski definition) is 3.